The van der Waals surface area contributed by atoms with E-state index in [1.807, 2.05) is 6.07 Å². The van der Waals surface area contributed by atoms with Gasteiger partial charge in [0.15, 0.2) is 0 Å². The van der Waals surface area contributed by atoms with E-state index in [1.54, 1.807) is 26.4 Å². The number of hydrogen-bond acceptors (Lipinski definition) is 4. The lowest BCUT2D eigenvalue weighted by molar-refractivity contribution is 0.390. The molecule has 0 saturated heterocycles. The van der Waals surface area contributed by atoms with Gasteiger partial charge in [-0.2, -0.15) is 0 Å². The summed E-state index contributed by atoms with van der Waals surface area (Å²) < 4.78 is 11.8. The maximum Gasteiger partial charge on any atom is 0.328 e. The zero-order valence-electron chi connectivity index (χ0n) is 10.7. The number of ether oxygens (including phenoxy) is 2. The fourth-order valence-corrected chi connectivity index (χ4v) is 1.73. The highest BCUT2D eigenvalue weighted by molar-refractivity contribution is 5.40. The molecule has 0 fully saturated rings. The molecule has 2 rings (SSSR count). The van der Waals surface area contributed by atoms with Crippen molar-refractivity contribution in [1.29, 1.82) is 0 Å². The third-order valence-electron chi connectivity index (χ3n) is 2.73. The Morgan fingerprint density at radius 2 is 1.95 bits per heavy atom. The van der Waals surface area contributed by atoms with E-state index >= 15 is 0 Å². The first-order valence-electron chi connectivity index (χ1n) is 5.64. The minimum absolute atomic E-state index is 0.308. The Morgan fingerprint density at radius 1 is 1.16 bits per heavy atom. The summed E-state index contributed by atoms with van der Waals surface area (Å²) in [5.74, 6) is 1.30. The van der Waals surface area contributed by atoms with Gasteiger partial charge in [-0.05, 0) is 12.1 Å². The van der Waals surface area contributed by atoms with Crippen LogP contribution in [-0.4, -0.2) is 23.8 Å². The molecule has 19 heavy (non-hydrogen) atoms. The number of methoxy groups -OCH3 is 2. The van der Waals surface area contributed by atoms with Crippen LogP contribution in [0.5, 0.6) is 11.5 Å². The van der Waals surface area contributed by atoms with Crippen LogP contribution in [-0.2, 0) is 6.54 Å². The molecule has 6 nitrogen and oxygen atoms in total. The second-order valence-corrected chi connectivity index (χ2v) is 3.92. The summed E-state index contributed by atoms with van der Waals surface area (Å²) in [6.07, 6.45) is 1.45. The van der Waals surface area contributed by atoms with E-state index in [-0.39, 0.29) is 0 Å². The number of nitrogens with one attached hydrogen (secondary N) is 1. The Bertz CT molecular complexity index is 688. The summed E-state index contributed by atoms with van der Waals surface area (Å²) >= 11 is 0. The zero-order chi connectivity index (χ0) is 13.8. The molecule has 1 heterocycles. The Kier molecular flexibility index (Phi) is 3.70. The van der Waals surface area contributed by atoms with Crippen molar-refractivity contribution in [3.63, 3.8) is 0 Å². The molecule has 0 bridgehead atoms. The zero-order valence-corrected chi connectivity index (χ0v) is 10.7. The molecular weight excluding hydrogens is 248 g/mol. The van der Waals surface area contributed by atoms with Crippen molar-refractivity contribution < 1.29 is 9.47 Å². The number of benzene rings is 1. The van der Waals surface area contributed by atoms with Crippen molar-refractivity contribution in [2.45, 2.75) is 6.54 Å². The first kappa shape index (κ1) is 12.9. The molecule has 1 aromatic carbocycles. The average molecular weight is 262 g/mol. The monoisotopic (exact) mass is 262 g/mol. The van der Waals surface area contributed by atoms with Gasteiger partial charge in [0, 0.05) is 23.9 Å². The van der Waals surface area contributed by atoms with E-state index in [0.29, 0.717) is 18.0 Å². The SMILES string of the molecule is COc1ccc(Cn2ccc(=O)[nH]c2=O)c(OC)c1. The first-order valence-corrected chi connectivity index (χ1v) is 5.64. The van der Waals surface area contributed by atoms with Gasteiger partial charge in [-0.15, -0.1) is 0 Å². The second-order valence-electron chi connectivity index (χ2n) is 3.92. The predicted molar refractivity (Wildman–Crippen MR) is 70.0 cm³/mol. The summed E-state index contributed by atoms with van der Waals surface area (Å²) in [5.41, 5.74) is -0.0502. The molecule has 0 aliphatic heterocycles. The summed E-state index contributed by atoms with van der Waals surface area (Å²) in [6.45, 7) is 0.308. The summed E-state index contributed by atoms with van der Waals surface area (Å²) in [5, 5.41) is 0. The number of H-pyrrole nitrogens is 1. The van der Waals surface area contributed by atoms with Crippen LogP contribution in [0.1, 0.15) is 5.56 Å². The molecule has 1 aromatic heterocycles. The number of aromatic amines is 1. The van der Waals surface area contributed by atoms with E-state index in [2.05, 4.69) is 4.98 Å². The van der Waals surface area contributed by atoms with Crippen molar-refractivity contribution in [3.05, 3.63) is 56.9 Å². The van der Waals surface area contributed by atoms with E-state index in [0.717, 1.165) is 5.56 Å². The molecule has 0 aliphatic rings. The van der Waals surface area contributed by atoms with Gasteiger partial charge in [-0.3, -0.25) is 14.3 Å². The lowest BCUT2D eigenvalue weighted by atomic mass is 10.2. The van der Waals surface area contributed by atoms with Crippen LogP contribution < -0.4 is 20.7 Å². The van der Waals surface area contributed by atoms with Crippen LogP contribution >= 0.6 is 0 Å². The standard InChI is InChI=1S/C13H14N2O4/c1-18-10-4-3-9(11(7-10)19-2)8-15-6-5-12(16)14-13(15)17/h3-7H,8H2,1-2H3,(H,14,16,17). The van der Waals surface area contributed by atoms with Crippen molar-refractivity contribution in [2.24, 2.45) is 0 Å². The largest absolute Gasteiger partial charge is 0.497 e. The minimum atomic E-state index is -0.453. The third kappa shape index (κ3) is 2.85. The maximum absolute atomic E-state index is 11.6. The van der Waals surface area contributed by atoms with Crippen LogP contribution in [0, 0.1) is 0 Å². The third-order valence-corrected chi connectivity index (χ3v) is 2.73. The van der Waals surface area contributed by atoms with Crippen molar-refractivity contribution >= 4 is 0 Å². The Hall–Kier alpha value is -2.50. The maximum atomic E-state index is 11.6. The van der Waals surface area contributed by atoms with Crippen LogP contribution in [0.2, 0.25) is 0 Å². The van der Waals surface area contributed by atoms with E-state index < -0.39 is 11.2 Å². The van der Waals surface area contributed by atoms with Crippen molar-refractivity contribution in [2.75, 3.05) is 14.2 Å². The van der Waals surface area contributed by atoms with E-state index in [9.17, 15) is 9.59 Å². The molecule has 0 aliphatic carbocycles. The number of aromatic nitrogens is 2. The number of rotatable bonds is 4. The van der Waals surface area contributed by atoms with Gasteiger partial charge < -0.3 is 9.47 Å². The van der Waals surface area contributed by atoms with Crippen LogP contribution in [0.25, 0.3) is 0 Å². The summed E-state index contributed by atoms with van der Waals surface area (Å²) in [4.78, 5) is 24.8. The highest BCUT2D eigenvalue weighted by Gasteiger charge is 2.06. The lowest BCUT2D eigenvalue weighted by Crippen LogP contribution is -2.28. The molecule has 2 aromatic rings. The summed E-state index contributed by atoms with van der Waals surface area (Å²) in [7, 11) is 3.12. The molecule has 0 unspecified atom stereocenters. The summed E-state index contributed by atoms with van der Waals surface area (Å²) in [6, 6.07) is 6.65. The molecule has 6 heteroatoms. The van der Waals surface area contributed by atoms with Crippen LogP contribution in [0.4, 0.5) is 0 Å². The van der Waals surface area contributed by atoms with E-state index in [1.165, 1.54) is 16.8 Å². The van der Waals surface area contributed by atoms with Crippen LogP contribution in [0.15, 0.2) is 40.1 Å². The molecule has 1 N–H and O–H groups in total. The highest BCUT2D eigenvalue weighted by Crippen LogP contribution is 2.24. The Balaban J connectivity index is 2.37. The first-order chi connectivity index (χ1) is 9.13. The molecular formula is C13H14N2O4. The van der Waals surface area contributed by atoms with Gasteiger partial charge in [0.1, 0.15) is 11.5 Å². The van der Waals surface area contributed by atoms with Gasteiger partial charge in [0.05, 0.1) is 20.8 Å². The predicted octanol–water partition coefficient (Wildman–Crippen LogP) is 0.602. The van der Waals surface area contributed by atoms with Gasteiger partial charge in [0.25, 0.3) is 5.56 Å². The number of hydrogen-bond donors (Lipinski definition) is 1. The molecule has 100 valence electrons. The Labute approximate surface area is 109 Å². The van der Waals surface area contributed by atoms with Gasteiger partial charge in [-0.1, -0.05) is 0 Å². The van der Waals surface area contributed by atoms with Gasteiger partial charge in [-0.25, -0.2) is 4.79 Å². The average Bonchev–Trinajstić information content (AvgIpc) is 2.42. The molecule has 0 spiro atoms. The molecule has 0 atom stereocenters. The second kappa shape index (κ2) is 5.43. The van der Waals surface area contributed by atoms with Crippen LogP contribution in [0.3, 0.4) is 0 Å². The molecule has 0 saturated carbocycles. The quantitative estimate of drug-likeness (QED) is 0.875. The fourth-order valence-electron chi connectivity index (χ4n) is 1.73. The smallest absolute Gasteiger partial charge is 0.328 e. The molecule has 0 amide bonds. The fraction of sp³-hybridized carbons (Fsp3) is 0.231. The highest BCUT2D eigenvalue weighted by atomic mass is 16.5. The van der Waals surface area contributed by atoms with Gasteiger partial charge >= 0.3 is 5.69 Å². The lowest BCUT2D eigenvalue weighted by Gasteiger charge is -2.11. The molecule has 0 radical (unpaired) electrons. The number of nitrogens with zero attached hydrogens (tertiary/aromatic N) is 1. The van der Waals surface area contributed by atoms with Gasteiger partial charge in [0.2, 0.25) is 0 Å². The normalized spacial score (nSPS) is 10.2. The Morgan fingerprint density at radius 3 is 2.58 bits per heavy atom. The minimum Gasteiger partial charge on any atom is -0.497 e. The van der Waals surface area contributed by atoms with E-state index in [4.69, 9.17) is 9.47 Å². The van der Waals surface area contributed by atoms with Crippen molar-refractivity contribution in [1.82, 2.24) is 9.55 Å². The topological polar surface area (TPSA) is 73.3 Å². The van der Waals surface area contributed by atoms with Crippen molar-refractivity contribution in [3.8, 4) is 11.5 Å².